The van der Waals surface area contributed by atoms with E-state index < -0.39 is 12.0 Å². The highest BCUT2D eigenvalue weighted by Crippen LogP contribution is 2.21. The van der Waals surface area contributed by atoms with Crippen LogP contribution in [0, 0.1) is 5.92 Å². The fourth-order valence-corrected chi connectivity index (χ4v) is 1.33. The Kier molecular flexibility index (Phi) is 2.43. The molecule has 0 heterocycles. The van der Waals surface area contributed by atoms with Crippen LogP contribution in [0.15, 0.2) is 11.6 Å². The van der Waals surface area contributed by atoms with Crippen LogP contribution in [0.5, 0.6) is 0 Å². The third kappa shape index (κ3) is 1.61. The third-order valence-electron chi connectivity index (χ3n) is 2.20. The van der Waals surface area contributed by atoms with E-state index in [-0.39, 0.29) is 18.0 Å². The SMILES string of the molecule is CC(=O)C1CC(=O)C(C)=CC1O. The molecule has 0 bridgehead atoms. The highest BCUT2D eigenvalue weighted by Gasteiger charge is 2.29. The van der Waals surface area contributed by atoms with Crippen molar-refractivity contribution in [3.63, 3.8) is 0 Å². The first kappa shape index (κ1) is 9.13. The monoisotopic (exact) mass is 168 g/mol. The van der Waals surface area contributed by atoms with Crippen LogP contribution >= 0.6 is 0 Å². The lowest BCUT2D eigenvalue weighted by Gasteiger charge is -2.22. The van der Waals surface area contributed by atoms with Crippen LogP contribution in [0.1, 0.15) is 20.3 Å². The fourth-order valence-electron chi connectivity index (χ4n) is 1.33. The van der Waals surface area contributed by atoms with Crippen LogP contribution in [0.4, 0.5) is 0 Å². The second-order valence-electron chi connectivity index (χ2n) is 3.18. The normalized spacial score (nSPS) is 29.9. The van der Waals surface area contributed by atoms with E-state index in [1.165, 1.54) is 13.0 Å². The standard InChI is InChI=1S/C9H12O3/c1-5-3-9(12)7(6(2)10)4-8(5)11/h3,7,9,12H,4H2,1-2H3. The van der Waals surface area contributed by atoms with Gasteiger partial charge in [-0.15, -0.1) is 0 Å². The Morgan fingerprint density at radius 2 is 2.25 bits per heavy atom. The minimum absolute atomic E-state index is 0.0412. The van der Waals surface area contributed by atoms with Crippen molar-refractivity contribution in [2.45, 2.75) is 26.4 Å². The van der Waals surface area contributed by atoms with Gasteiger partial charge in [-0.05, 0) is 25.5 Å². The van der Waals surface area contributed by atoms with Crippen LogP contribution in [-0.2, 0) is 9.59 Å². The molecule has 2 unspecified atom stereocenters. The Bertz CT molecular complexity index is 252. The number of hydrogen-bond donors (Lipinski definition) is 1. The minimum atomic E-state index is -0.778. The molecule has 0 saturated carbocycles. The van der Waals surface area contributed by atoms with Gasteiger partial charge in [0, 0.05) is 6.42 Å². The highest BCUT2D eigenvalue weighted by atomic mass is 16.3. The van der Waals surface area contributed by atoms with Crippen LogP contribution < -0.4 is 0 Å². The van der Waals surface area contributed by atoms with Gasteiger partial charge >= 0.3 is 0 Å². The molecule has 12 heavy (non-hydrogen) atoms. The largest absolute Gasteiger partial charge is 0.388 e. The number of aliphatic hydroxyl groups excluding tert-OH is 1. The van der Waals surface area contributed by atoms with Crippen molar-refractivity contribution >= 4 is 11.6 Å². The van der Waals surface area contributed by atoms with Gasteiger partial charge in [0.2, 0.25) is 0 Å². The molecule has 0 saturated heterocycles. The van der Waals surface area contributed by atoms with Crippen molar-refractivity contribution in [3.8, 4) is 0 Å². The van der Waals surface area contributed by atoms with Gasteiger partial charge in [0.25, 0.3) is 0 Å². The van der Waals surface area contributed by atoms with E-state index in [9.17, 15) is 14.7 Å². The number of rotatable bonds is 1. The molecule has 3 nitrogen and oxygen atoms in total. The van der Waals surface area contributed by atoms with Gasteiger partial charge in [-0.3, -0.25) is 9.59 Å². The van der Waals surface area contributed by atoms with Crippen molar-refractivity contribution in [1.82, 2.24) is 0 Å². The van der Waals surface area contributed by atoms with Gasteiger partial charge in [0.1, 0.15) is 5.78 Å². The Morgan fingerprint density at radius 3 is 2.75 bits per heavy atom. The van der Waals surface area contributed by atoms with Crippen LogP contribution in [0.2, 0.25) is 0 Å². The van der Waals surface area contributed by atoms with Gasteiger partial charge in [0.15, 0.2) is 5.78 Å². The average molecular weight is 168 g/mol. The van der Waals surface area contributed by atoms with Crippen molar-refractivity contribution in [2.75, 3.05) is 0 Å². The van der Waals surface area contributed by atoms with Crippen molar-refractivity contribution < 1.29 is 14.7 Å². The smallest absolute Gasteiger partial charge is 0.159 e. The summed E-state index contributed by atoms with van der Waals surface area (Å²) in [5.41, 5.74) is 0.556. The topological polar surface area (TPSA) is 54.4 Å². The molecule has 1 N–H and O–H groups in total. The molecule has 1 aliphatic rings. The van der Waals surface area contributed by atoms with E-state index in [2.05, 4.69) is 0 Å². The number of Topliss-reactive ketones (excluding diaryl/α,β-unsaturated/α-hetero) is 2. The second kappa shape index (κ2) is 3.19. The Balaban J connectivity index is 2.86. The number of carbonyl (C=O) groups is 2. The predicted octanol–water partition coefficient (Wildman–Crippen LogP) is 0.472. The summed E-state index contributed by atoms with van der Waals surface area (Å²) in [6, 6.07) is 0. The van der Waals surface area contributed by atoms with E-state index in [0.717, 1.165) is 0 Å². The van der Waals surface area contributed by atoms with Gasteiger partial charge in [-0.1, -0.05) is 0 Å². The first-order valence-corrected chi connectivity index (χ1v) is 3.92. The fraction of sp³-hybridized carbons (Fsp3) is 0.556. The minimum Gasteiger partial charge on any atom is -0.388 e. The average Bonchev–Trinajstić information content (AvgIpc) is 1.96. The molecule has 0 aromatic rings. The molecule has 0 aromatic heterocycles. The van der Waals surface area contributed by atoms with E-state index in [1.807, 2.05) is 0 Å². The summed E-state index contributed by atoms with van der Waals surface area (Å²) in [6.45, 7) is 3.05. The molecule has 0 aromatic carbocycles. The molecule has 0 radical (unpaired) electrons. The summed E-state index contributed by atoms with van der Waals surface area (Å²) in [4.78, 5) is 22.0. The Morgan fingerprint density at radius 1 is 1.67 bits per heavy atom. The highest BCUT2D eigenvalue weighted by molar-refractivity contribution is 5.99. The lowest BCUT2D eigenvalue weighted by atomic mass is 9.85. The molecular formula is C9H12O3. The number of allylic oxidation sites excluding steroid dienone is 1. The van der Waals surface area contributed by atoms with Crippen molar-refractivity contribution in [1.29, 1.82) is 0 Å². The van der Waals surface area contributed by atoms with Gasteiger partial charge in [-0.2, -0.15) is 0 Å². The number of aliphatic hydroxyl groups is 1. The molecule has 1 aliphatic carbocycles. The van der Waals surface area contributed by atoms with Crippen LogP contribution in [0.25, 0.3) is 0 Å². The van der Waals surface area contributed by atoms with Crippen LogP contribution in [0.3, 0.4) is 0 Å². The van der Waals surface area contributed by atoms with E-state index in [1.54, 1.807) is 6.92 Å². The van der Waals surface area contributed by atoms with E-state index in [0.29, 0.717) is 5.57 Å². The molecule has 0 aliphatic heterocycles. The maximum atomic E-state index is 11.1. The maximum absolute atomic E-state index is 11.1. The van der Waals surface area contributed by atoms with Gasteiger partial charge in [-0.25, -0.2) is 0 Å². The van der Waals surface area contributed by atoms with E-state index in [4.69, 9.17) is 0 Å². The summed E-state index contributed by atoms with van der Waals surface area (Å²) < 4.78 is 0. The zero-order valence-corrected chi connectivity index (χ0v) is 7.20. The van der Waals surface area contributed by atoms with Crippen LogP contribution in [-0.4, -0.2) is 22.8 Å². The summed E-state index contributed by atoms with van der Waals surface area (Å²) >= 11 is 0. The summed E-state index contributed by atoms with van der Waals surface area (Å²) in [5.74, 6) is -0.693. The first-order chi connectivity index (χ1) is 5.52. The molecule has 3 heteroatoms. The summed E-state index contributed by atoms with van der Waals surface area (Å²) in [6.07, 6.45) is 0.830. The zero-order chi connectivity index (χ0) is 9.30. The number of carbonyl (C=O) groups excluding carboxylic acids is 2. The van der Waals surface area contributed by atoms with Gasteiger partial charge in [0.05, 0.1) is 12.0 Å². The summed E-state index contributed by atoms with van der Waals surface area (Å²) in [7, 11) is 0. The number of hydrogen-bond acceptors (Lipinski definition) is 3. The predicted molar refractivity (Wildman–Crippen MR) is 43.6 cm³/mol. The lowest BCUT2D eigenvalue weighted by Crippen LogP contribution is -2.32. The van der Waals surface area contributed by atoms with E-state index >= 15 is 0 Å². The molecular weight excluding hydrogens is 156 g/mol. The molecule has 0 fully saturated rings. The lowest BCUT2D eigenvalue weighted by molar-refractivity contribution is -0.128. The second-order valence-corrected chi connectivity index (χ2v) is 3.18. The number of ketones is 2. The zero-order valence-electron chi connectivity index (χ0n) is 7.20. The molecule has 2 atom stereocenters. The molecule has 0 spiro atoms. The Hall–Kier alpha value is -0.960. The molecule has 1 rings (SSSR count). The van der Waals surface area contributed by atoms with Gasteiger partial charge < -0.3 is 5.11 Å². The maximum Gasteiger partial charge on any atom is 0.159 e. The molecule has 0 amide bonds. The molecule has 66 valence electrons. The van der Waals surface area contributed by atoms with Crippen molar-refractivity contribution in [2.24, 2.45) is 5.92 Å². The summed E-state index contributed by atoms with van der Waals surface area (Å²) in [5, 5.41) is 9.38. The Labute approximate surface area is 71.1 Å². The quantitative estimate of drug-likeness (QED) is 0.619. The first-order valence-electron chi connectivity index (χ1n) is 3.92. The third-order valence-corrected chi connectivity index (χ3v) is 2.20. The van der Waals surface area contributed by atoms with Crippen molar-refractivity contribution in [3.05, 3.63) is 11.6 Å².